The van der Waals surface area contributed by atoms with Gasteiger partial charge in [-0.25, -0.2) is 28.5 Å². The van der Waals surface area contributed by atoms with Crippen LogP contribution in [0.4, 0.5) is 30.9 Å². The second kappa shape index (κ2) is 53.3. The Morgan fingerprint density at radius 3 is 1.10 bits per heavy atom. The van der Waals surface area contributed by atoms with Crippen LogP contribution in [0.1, 0.15) is 115 Å². The van der Waals surface area contributed by atoms with Gasteiger partial charge in [-0.15, -0.1) is 24.8 Å². The van der Waals surface area contributed by atoms with Crippen LogP contribution in [0.15, 0.2) is 237 Å². The van der Waals surface area contributed by atoms with Crippen LogP contribution in [0.25, 0.3) is 16.6 Å². The summed E-state index contributed by atoms with van der Waals surface area (Å²) >= 11 is 14.4. The minimum absolute atomic E-state index is 0.154. The Morgan fingerprint density at radius 1 is 0.500 bits per heavy atom. The molecule has 0 bridgehead atoms. The second-order valence-electron chi connectivity index (χ2n) is 30.2. The Bertz CT molecular complexity index is 5460. The number of nitrogens with zero attached hydrogens (tertiary/aromatic N) is 9. The lowest BCUT2D eigenvalue weighted by Crippen LogP contribution is -2.55. The number of hydrogen-bond acceptors (Lipinski definition) is 23. The van der Waals surface area contributed by atoms with E-state index in [-0.39, 0.29) is 51.3 Å². The molecule has 12 aromatic rings. The predicted molar refractivity (Wildman–Crippen MR) is 507 cm³/mol. The fourth-order valence-electron chi connectivity index (χ4n) is 14.1. The molecule has 3 saturated heterocycles. The van der Waals surface area contributed by atoms with Crippen LogP contribution in [-0.4, -0.2) is 170 Å². The number of terminal acetylenes is 3. The van der Waals surface area contributed by atoms with Crippen LogP contribution in [0.5, 0.6) is 0 Å². The van der Waals surface area contributed by atoms with Crippen molar-refractivity contribution in [1.82, 2.24) is 43.8 Å². The highest BCUT2D eigenvalue weighted by atomic mass is 35.6. The zero-order chi connectivity index (χ0) is 97.1. The maximum atomic E-state index is 12.6. The van der Waals surface area contributed by atoms with E-state index >= 15 is 0 Å². The van der Waals surface area contributed by atoms with Crippen LogP contribution in [0, 0.1) is 36.7 Å². The van der Waals surface area contributed by atoms with Gasteiger partial charge in [0.1, 0.15) is 97.1 Å². The van der Waals surface area contributed by atoms with Crippen LogP contribution in [-0.2, 0) is 99.3 Å². The molecule has 0 amide bonds. The topological polar surface area (TPSA) is 353 Å². The van der Waals surface area contributed by atoms with E-state index in [0.717, 1.165) is 33.4 Å². The normalized spacial score (nSPS) is 22.7. The summed E-state index contributed by atoms with van der Waals surface area (Å²) in [6.45, 7) is 21.6. The van der Waals surface area contributed by atoms with Crippen molar-refractivity contribution in [1.29, 1.82) is 0 Å². The summed E-state index contributed by atoms with van der Waals surface area (Å²) < 4.78 is 102. The molecule has 6 aromatic heterocycles. The molecule has 3 aliphatic rings. The molecule has 11 N–H and O–H groups in total. The molecule has 693 valence electrons. The summed E-state index contributed by atoms with van der Waals surface area (Å²) in [5.74, 6) is 4.26. The van der Waals surface area contributed by atoms with E-state index in [1.807, 2.05) is 208 Å². The highest BCUT2D eigenvalue weighted by Gasteiger charge is 2.69. The molecule has 3 aliphatic heterocycles. The van der Waals surface area contributed by atoms with Gasteiger partial charge in [0, 0.05) is 18.5 Å². The van der Waals surface area contributed by atoms with Gasteiger partial charge in [-0.05, 0) is 104 Å². The maximum absolute atomic E-state index is 12.6. The summed E-state index contributed by atoms with van der Waals surface area (Å²) in [4.78, 5) is 11.4. The van der Waals surface area contributed by atoms with E-state index in [1.165, 1.54) is 34.9 Å². The number of rotatable bonds is 25. The molecule has 0 aliphatic carbocycles. The Hall–Kier alpha value is -10.3. The van der Waals surface area contributed by atoms with Crippen LogP contribution >= 0.6 is 34.4 Å². The summed E-state index contributed by atoms with van der Waals surface area (Å²) in [6, 6.07) is 69.9. The van der Waals surface area contributed by atoms with Crippen molar-refractivity contribution in [3.8, 4) is 36.7 Å². The molecule has 1 unspecified atom stereocenters. The number of fused-ring (bicyclic) bond motifs is 3. The Kier molecular flexibility index (Phi) is 43.1. The third-order valence-corrected chi connectivity index (χ3v) is 21.4. The predicted octanol–water partition coefficient (Wildman–Crippen LogP) is 15.7. The summed E-state index contributed by atoms with van der Waals surface area (Å²) in [5.41, 5.74) is 22.3. The lowest BCUT2D eigenvalue weighted by atomic mass is 9.79. The molecule has 3 fully saturated rings. The van der Waals surface area contributed by atoms with Gasteiger partial charge in [-0.3, -0.25) is 0 Å². The quantitative estimate of drug-likeness (QED) is 0.0195. The highest BCUT2D eigenvalue weighted by molar-refractivity contribution is 7.54. The van der Waals surface area contributed by atoms with Gasteiger partial charge in [0.15, 0.2) is 23.1 Å². The average Bonchev–Trinajstić information content (AvgIpc) is 1.56. The zero-order valence-electron chi connectivity index (χ0n) is 76.5. The van der Waals surface area contributed by atoms with Gasteiger partial charge < -0.3 is 89.7 Å². The first kappa shape index (κ1) is 105. The molecule has 6 aromatic carbocycles. The number of nitrogens with two attached hydrogens (primary N) is 3. The van der Waals surface area contributed by atoms with Crippen molar-refractivity contribution in [3.63, 3.8) is 0 Å². The van der Waals surface area contributed by atoms with E-state index in [1.54, 1.807) is 56.5 Å². The second-order valence-corrected chi connectivity index (χ2v) is 37.0. The number of aromatic nitrogens is 9. The van der Waals surface area contributed by atoms with E-state index in [0.29, 0.717) is 86.9 Å². The number of aliphatic hydroxyl groups excluding tert-OH is 3. The third kappa shape index (κ3) is 27.2. The summed E-state index contributed by atoms with van der Waals surface area (Å²) in [5, 5.41) is 63.4. The minimum atomic E-state index is -1.99. The van der Waals surface area contributed by atoms with Crippen LogP contribution in [0.2, 0.25) is 26.0 Å². The maximum Gasteiger partial charge on any atom is 0.450 e. The fourth-order valence-corrected chi connectivity index (χ4v) is 14.1. The number of hydrogen-bond donors (Lipinski definition) is 8. The van der Waals surface area contributed by atoms with Crippen molar-refractivity contribution in [2.75, 3.05) is 43.6 Å². The average molecular weight is 1870 g/mol. The van der Waals surface area contributed by atoms with E-state index in [9.17, 15) is 24.7 Å². The van der Waals surface area contributed by atoms with Crippen LogP contribution < -0.4 is 17.2 Å². The van der Waals surface area contributed by atoms with E-state index in [2.05, 4.69) is 67.3 Å². The van der Waals surface area contributed by atoms with Gasteiger partial charge >= 0.3 is 12.5 Å². The standard InChI is InChI=1S/C35H34N4O4.C33H34N4O5.C14H16N4O4.C5H10Si.C2H5BF.C2H6O.2C2H6.BCl3.F2/c1-3-35(31-20-19-29-33(36)37-25-38-39(29)31)34(2,42-23-28-17-11-6-12-18-28)32(41-22-27-15-9-5-10-16-27)30(43-35)24-40-21-26-13-7-4-8-14-26;1-32(41-21-26-15-9-4-10-16-26)30(40-20-25-13-7-3-8-14-25)28(22-39-19-24-11-5-2-6-12-24)42-33(32,38)29-18-17-27-31(34)35-23-36-37(27)29;1-3-14(13(2,21)11(20)9(6-19)22-14)10-5-4-8-12(15)16-7-17-18(8)10;1-5-6(2,3)4;1-2-3-4;1-2-3;2*1-2;2-1(3)4;1-2/h1,4-20,25,30,32H,21-24H2,2H3,(H2,36,37,38);2-18,23,28,30,38H,19-22H2,1H3,(H2,34,35,36);1,4-5,7,9,11,19-21H,6H2,2H3,(H2,15,16,17);1H,2-4H3;2H2,1H3;3H,2H2,1H3;2*1-2H3;;/t30-,32-,34-,35+;28-,30-,32-,33?;9-,11-,13-,14+;;;;;;;/m111......./s1/i;;;;;;2*1D;;. The molecule has 35 heteroatoms. The SMILES string of the molecule is C#C[C@@]1(c2ccc3c(N)ncnn23)O[C@H](CO)[C@@H](O)[C@@]1(C)O.C#C[C@@]1(c2ccc3c(N)ncnn23)O[C@H](COCc2ccccc2)[C@@H](OCc2ccccc2)[C@@]1(C)OCc1ccccc1.C#C[Si](C)(C)C.CCO.CC[B]F.C[C@@]1(OCc2ccccc2)[C@H](OCc2ccccc2)[C@@H](COCc2ccccc2)OC1(O)c1ccc2c(N)ncnn12.ClB(Cl)Cl.FF.[2H]CC.[2H]CC. The highest BCUT2D eigenvalue weighted by Crippen LogP contribution is 2.53. The molecular formula is C95H117B2Cl3F3N12O14Si. The molecule has 26 nitrogen and oxygen atoms in total. The molecule has 12 atom stereocenters. The Labute approximate surface area is 779 Å². The van der Waals surface area contributed by atoms with Gasteiger partial charge in [0.05, 0.1) is 70.8 Å². The first-order valence-corrected chi connectivity index (χ1v) is 46.2. The summed E-state index contributed by atoms with van der Waals surface area (Å²) in [6.07, 6.45) is 16.7. The number of aliphatic hydroxyl groups is 5. The third-order valence-electron chi connectivity index (χ3n) is 20.5. The fraction of sp³-hybridized carbons (Fsp3) is 0.368. The monoisotopic (exact) mass is 1860 g/mol. The van der Waals surface area contributed by atoms with Gasteiger partial charge in [0.25, 0.3) is 0 Å². The Balaban J connectivity index is 0.000000278. The number of nitrogen functional groups attached to an aromatic ring is 3. The molecule has 15 rings (SSSR count). The van der Waals surface area contributed by atoms with Gasteiger partial charge in [0.2, 0.25) is 17.0 Å². The number of anilines is 3. The first-order chi connectivity index (χ1) is 63.4. The molecule has 0 saturated carbocycles. The Morgan fingerprint density at radius 2 is 0.785 bits per heavy atom. The largest absolute Gasteiger partial charge is 0.450 e. The van der Waals surface area contributed by atoms with Crippen molar-refractivity contribution in [2.24, 2.45) is 0 Å². The zero-order valence-corrected chi connectivity index (χ0v) is 77.8. The number of ether oxygens (including phenoxy) is 9. The molecule has 0 spiro atoms. The smallest absolute Gasteiger partial charge is 0.397 e. The minimum Gasteiger partial charge on any atom is -0.397 e. The van der Waals surface area contributed by atoms with Crippen LogP contribution in [0.3, 0.4) is 0 Å². The first-order valence-electron chi connectivity index (χ1n) is 42.8. The summed E-state index contributed by atoms with van der Waals surface area (Å²) in [7, 11) is -0.478. The molecular weight excluding hydrogens is 1750 g/mol. The lowest BCUT2D eigenvalue weighted by molar-refractivity contribution is -0.294. The van der Waals surface area contributed by atoms with Crippen molar-refractivity contribution in [3.05, 3.63) is 288 Å². The lowest BCUT2D eigenvalue weighted by Gasteiger charge is -2.40. The molecule has 1 radical (unpaired) electrons. The van der Waals surface area contributed by atoms with Gasteiger partial charge in [-0.1, -0.05) is 248 Å². The van der Waals surface area contributed by atoms with E-state index in [4.69, 9.17) is 130 Å². The van der Waals surface area contributed by atoms with Crippen molar-refractivity contribution in [2.45, 2.75) is 198 Å². The van der Waals surface area contributed by atoms with Gasteiger partial charge in [-0.2, -0.15) is 49.7 Å². The van der Waals surface area contributed by atoms with Crippen molar-refractivity contribution < 1.29 is 84.4 Å². The number of halogens is 6. The molecule has 9 heterocycles. The van der Waals surface area contributed by atoms with E-state index < -0.39 is 90.1 Å². The van der Waals surface area contributed by atoms with Crippen molar-refractivity contribution >= 4 is 89.0 Å². The number of benzene rings is 6. The molecule has 130 heavy (non-hydrogen) atoms.